The molecule has 0 bridgehead atoms. The van der Waals surface area contributed by atoms with Crippen LogP contribution in [0.25, 0.3) is 0 Å². The molecule has 4 rings (SSSR count). The van der Waals surface area contributed by atoms with Crippen molar-refractivity contribution in [1.82, 2.24) is 0 Å². The Hall–Kier alpha value is -2.03. The molecule has 1 aliphatic carbocycles. The third-order valence-electron chi connectivity index (χ3n) is 4.67. The minimum Gasteiger partial charge on any atom is -0.489 e. The molecule has 2 aromatic rings. The van der Waals surface area contributed by atoms with Gasteiger partial charge in [0.2, 0.25) is 0 Å². The fourth-order valence-electron chi connectivity index (χ4n) is 3.65. The molecule has 2 aromatic carbocycles. The van der Waals surface area contributed by atoms with Gasteiger partial charge in [-0.25, -0.2) is 4.39 Å². The van der Waals surface area contributed by atoms with E-state index in [1.54, 1.807) is 6.07 Å². The van der Waals surface area contributed by atoms with E-state index in [1.165, 1.54) is 23.6 Å². The van der Waals surface area contributed by atoms with Gasteiger partial charge < -0.3 is 9.47 Å². The molecular formula is C20H21FO2. The molecule has 1 heterocycles. The molecule has 3 heteroatoms. The zero-order valence-electron chi connectivity index (χ0n) is 13.6. The van der Waals surface area contributed by atoms with E-state index in [0.29, 0.717) is 6.61 Å². The van der Waals surface area contributed by atoms with Crippen molar-refractivity contribution < 1.29 is 13.9 Å². The Bertz CT molecular complexity index is 764. The van der Waals surface area contributed by atoms with Crippen molar-refractivity contribution in [3.8, 4) is 11.5 Å². The summed E-state index contributed by atoms with van der Waals surface area (Å²) >= 11 is 0. The number of hydrogen-bond donors (Lipinski definition) is 0. The summed E-state index contributed by atoms with van der Waals surface area (Å²) in [7, 11) is 0. The lowest BCUT2D eigenvalue weighted by molar-refractivity contribution is 0.135. The first-order valence-corrected chi connectivity index (χ1v) is 8.25. The van der Waals surface area contributed by atoms with Crippen LogP contribution in [0.1, 0.15) is 42.5 Å². The van der Waals surface area contributed by atoms with E-state index in [0.717, 1.165) is 41.9 Å². The first-order chi connectivity index (χ1) is 11.0. The first-order valence-electron chi connectivity index (χ1n) is 8.25. The van der Waals surface area contributed by atoms with Crippen LogP contribution in [0, 0.1) is 5.82 Å². The summed E-state index contributed by atoms with van der Waals surface area (Å²) in [4.78, 5) is 0. The van der Waals surface area contributed by atoms with E-state index < -0.39 is 0 Å². The van der Waals surface area contributed by atoms with E-state index in [1.807, 2.05) is 19.9 Å². The van der Waals surface area contributed by atoms with Crippen LogP contribution in [0.15, 0.2) is 30.3 Å². The van der Waals surface area contributed by atoms with E-state index in [-0.39, 0.29) is 11.4 Å². The highest BCUT2D eigenvalue weighted by Gasteiger charge is 2.32. The van der Waals surface area contributed by atoms with Crippen molar-refractivity contribution in [2.75, 3.05) is 0 Å². The molecule has 1 aliphatic heterocycles. The summed E-state index contributed by atoms with van der Waals surface area (Å²) in [5, 5.41) is 0. The highest BCUT2D eigenvalue weighted by atomic mass is 19.1. The van der Waals surface area contributed by atoms with Gasteiger partial charge in [0.05, 0.1) is 0 Å². The second kappa shape index (κ2) is 5.26. The number of halogens is 1. The largest absolute Gasteiger partial charge is 0.489 e. The van der Waals surface area contributed by atoms with Gasteiger partial charge in [-0.1, -0.05) is 6.07 Å². The van der Waals surface area contributed by atoms with Gasteiger partial charge in [0.25, 0.3) is 0 Å². The van der Waals surface area contributed by atoms with E-state index >= 15 is 0 Å². The number of hydrogen-bond acceptors (Lipinski definition) is 2. The Morgan fingerprint density at radius 1 is 1.09 bits per heavy atom. The Kier molecular flexibility index (Phi) is 3.33. The standard InChI is InChI=1S/C20H21FO2/c1-20(2)11-15-8-17(21)9-16(19(15)23-20)12-22-18-7-6-13-4-3-5-14(13)10-18/h6-10H,3-5,11-12H2,1-2H3. The topological polar surface area (TPSA) is 18.5 Å². The van der Waals surface area contributed by atoms with Crippen LogP contribution in [-0.4, -0.2) is 5.60 Å². The number of aryl methyl sites for hydroxylation is 2. The highest BCUT2D eigenvalue weighted by molar-refractivity contribution is 5.46. The van der Waals surface area contributed by atoms with Gasteiger partial charge in [0.1, 0.15) is 29.5 Å². The third-order valence-corrected chi connectivity index (χ3v) is 4.67. The molecule has 0 N–H and O–H groups in total. The minimum absolute atomic E-state index is 0.224. The first kappa shape index (κ1) is 14.6. The van der Waals surface area contributed by atoms with Crippen LogP contribution in [0.5, 0.6) is 11.5 Å². The quantitative estimate of drug-likeness (QED) is 0.824. The van der Waals surface area contributed by atoms with Crippen molar-refractivity contribution in [3.63, 3.8) is 0 Å². The molecule has 0 aromatic heterocycles. The van der Waals surface area contributed by atoms with Crippen molar-refractivity contribution in [1.29, 1.82) is 0 Å². The van der Waals surface area contributed by atoms with Crippen LogP contribution >= 0.6 is 0 Å². The normalized spacial score (nSPS) is 17.5. The van der Waals surface area contributed by atoms with Gasteiger partial charge in [-0.05, 0) is 68.5 Å². The van der Waals surface area contributed by atoms with Crippen LogP contribution in [0.3, 0.4) is 0 Å². The Balaban J connectivity index is 1.56. The zero-order valence-corrected chi connectivity index (χ0v) is 13.6. The number of ether oxygens (including phenoxy) is 2. The molecular weight excluding hydrogens is 291 g/mol. The molecule has 23 heavy (non-hydrogen) atoms. The van der Waals surface area contributed by atoms with Crippen LogP contribution in [0.4, 0.5) is 4.39 Å². The number of fused-ring (bicyclic) bond motifs is 2. The number of benzene rings is 2. The lowest BCUT2D eigenvalue weighted by Crippen LogP contribution is -2.25. The molecule has 0 unspecified atom stereocenters. The maximum atomic E-state index is 13.9. The summed E-state index contributed by atoms with van der Waals surface area (Å²) in [5.41, 5.74) is 4.24. The minimum atomic E-state index is -0.279. The summed E-state index contributed by atoms with van der Waals surface area (Å²) in [6, 6.07) is 9.37. The SMILES string of the molecule is CC1(C)Cc2cc(F)cc(COc3ccc4c(c3)CCC4)c2O1. The van der Waals surface area contributed by atoms with Crippen LogP contribution < -0.4 is 9.47 Å². The Morgan fingerprint density at radius 2 is 1.91 bits per heavy atom. The zero-order chi connectivity index (χ0) is 16.0. The molecule has 0 atom stereocenters. The average Bonchev–Trinajstić information content (AvgIpc) is 3.06. The lowest BCUT2D eigenvalue weighted by Gasteiger charge is -2.18. The van der Waals surface area contributed by atoms with Crippen molar-refractivity contribution in [2.45, 2.75) is 51.7 Å². The van der Waals surface area contributed by atoms with Crippen molar-refractivity contribution >= 4 is 0 Å². The third kappa shape index (κ3) is 2.80. The monoisotopic (exact) mass is 312 g/mol. The lowest BCUT2D eigenvalue weighted by atomic mass is 10.0. The predicted octanol–water partition coefficient (Wildman–Crippen LogP) is 4.61. The van der Waals surface area contributed by atoms with Gasteiger partial charge in [-0.3, -0.25) is 0 Å². The Labute approximate surface area is 136 Å². The van der Waals surface area contributed by atoms with Crippen LogP contribution in [-0.2, 0) is 25.9 Å². The fourth-order valence-corrected chi connectivity index (χ4v) is 3.65. The van der Waals surface area contributed by atoms with Gasteiger partial charge in [0.15, 0.2) is 0 Å². The molecule has 2 aliphatic rings. The summed E-state index contributed by atoms with van der Waals surface area (Å²) in [6.07, 6.45) is 4.24. The second-order valence-corrected chi connectivity index (χ2v) is 7.16. The highest BCUT2D eigenvalue weighted by Crippen LogP contribution is 2.39. The molecule has 120 valence electrons. The van der Waals surface area contributed by atoms with E-state index in [9.17, 15) is 4.39 Å². The molecule has 2 nitrogen and oxygen atoms in total. The number of rotatable bonds is 3. The summed E-state index contributed by atoms with van der Waals surface area (Å²) in [5.74, 6) is 1.41. The van der Waals surface area contributed by atoms with Gasteiger partial charge in [0, 0.05) is 17.5 Å². The fraction of sp³-hybridized carbons (Fsp3) is 0.400. The summed E-state index contributed by atoms with van der Waals surface area (Å²) in [6.45, 7) is 4.38. The van der Waals surface area contributed by atoms with Crippen molar-refractivity contribution in [2.24, 2.45) is 0 Å². The summed E-state index contributed by atoms with van der Waals surface area (Å²) < 4.78 is 25.8. The molecule has 0 radical (unpaired) electrons. The van der Waals surface area contributed by atoms with Crippen molar-refractivity contribution in [3.05, 3.63) is 58.4 Å². The van der Waals surface area contributed by atoms with Gasteiger partial charge >= 0.3 is 0 Å². The molecule has 0 fully saturated rings. The second-order valence-electron chi connectivity index (χ2n) is 7.16. The average molecular weight is 312 g/mol. The van der Waals surface area contributed by atoms with E-state index in [2.05, 4.69) is 12.1 Å². The molecule has 0 saturated carbocycles. The van der Waals surface area contributed by atoms with Gasteiger partial charge in [-0.2, -0.15) is 0 Å². The molecule has 0 spiro atoms. The predicted molar refractivity (Wildman–Crippen MR) is 87.6 cm³/mol. The molecule has 0 amide bonds. The maximum absolute atomic E-state index is 13.9. The van der Waals surface area contributed by atoms with E-state index in [4.69, 9.17) is 9.47 Å². The van der Waals surface area contributed by atoms with Crippen LogP contribution in [0.2, 0.25) is 0 Å². The smallest absolute Gasteiger partial charge is 0.130 e. The van der Waals surface area contributed by atoms with Gasteiger partial charge in [-0.15, -0.1) is 0 Å². The maximum Gasteiger partial charge on any atom is 0.130 e. The Morgan fingerprint density at radius 3 is 2.78 bits per heavy atom. The molecule has 0 saturated heterocycles.